The van der Waals surface area contributed by atoms with Crippen molar-refractivity contribution in [1.29, 1.82) is 0 Å². The summed E-state index contributed by atoms with van der Waals surface area (Å²) in [5, 5.41) is 0. The first-order valence-corrected chi connectivity index (χ1v) is 6.55. The highest BCUT2D eigenvalue weighted by Crippen LogP contribution is 2.37. The Morgan fingerprint density at radius 1 is 1.16 bits per heavy atom. The molecule has 1 aromatic rings. The van der Waals surface area contributed by atoms with E-state index in [1.165, 1.54) is 12.1 Å². The molecule has 1 aliphatic heterocycles. The zero-order chi connectivity index (χ0) is 14.3. The van der Waals surface area contributed by atoms with Gasteiger partial charge in [-0.25, -0.2) is 4.39 Å². The molecule has 1 aromatic carbocycles. The van der Waals surface area contributed by atoms with Gasteiger partial charge >= 0.3 is 7.12 Å². The molecule has 0 bridgehead atoms. The van der Waals surface area contributed by atoms with Crippen molar-refractivity contribution in [2.45, 2.75) is 45.8 Å². The van der Waals surface area contributed by atoms with Crippen LogP contribution in [0.1, 0.15) is 34.6 Å². The SMILES string of the molecule is CCOc1ccc(F)cc1B1OC(C)(C)C(C)(C)O1. The van der Waals surface area contributed by atoms with Gasteiger partial charge in [-0.2, -0.15) is 0 Å². The van der Waals surface area contributed by atoms with Gasteiger partial charge in [0, 0.05) is 5.46 Å². The third-order valence-corrected chi connectivity index (χ3v) is 3.78. The van der Waals surface area contributed by atoms with Crippen LogP contribution in [-0.2, 0) is 9.31 Å². The summed E-state index contributed by atoms with van der Waals surface area (Å²) in [6.45, 7) is 10.3. The second-order valence-electron chi connectivity index (χ2n) is 5.70. The summed E-state index contributed by atoms with van der Waals surface area (Å²) in [5.74, 6) is 0.274. The molecule has 5 heteroatoms. The lowest BCUT2D eigenvalue weighted by molar-refractivity contribution is 0.00578. The lowest BCUT2D eigenvalue weighted by Gasteiger charge is -2.32. The Kier molecular flexibility index (Phi) is 3.62. The van der Waals surface area contributed by atoms with Gasteiger partial charge in [-0.15, -0.1) is 0 Å². The monoisotopic (exact) mass is 266 g/mol. The molecule has 1 heterocycles. The van der Waals surface area contributed by atoms with Crippen molar-refractivity contribution < 1.29 is 18.4 Å². The Bertz CT molecular complexity index is 458. The van der Waals surface area contributed by atoms with Crippen LogP contribution >= 0.6 is 0 Å². The van der Waals surface area contributed by atoms with Crippen molar-refractivity contribution in [2.75, 3.05) is 6.61 Å². The van der Waals surface area contributed by atoms with E-state index in [0.717, 1.165) is 0 Å². The van der Waals surface area contributed by atoms with Gasteiger partial charge in [0.05, 0.1) is 17.8 Å². The van der Waals surface area contributed by atoms with Gasteiger partial charge in [0.2, 0.25) is 0 Å². The summed E-state index contributed by atoms with van der Waals surface area (Å²) in [4.78, 5) is 0. The minimum Gasteiger partial charge on any atom is -0.494 e. The van der Waals surface area contributed by atoms with Gasteiger partial charge in [0.1, 0.15) is 11.6 Å². The van der Waals surface area contributed by atoms with Gasteiger partial charge in [-0.05, 0) is 52.8 Å². The van der Waals surface area contributed by atoms with Gasteiger partial charge in [0.25, 0.3) is 0 Å². The number of ether oxygens (including phenoxy) is 1. The average molecular weight is 266 g/mol. The first kappa shape index (κ1) is 14.3. The van der Waals surface area contributed by atoms with Crippen molar-refractivity contribution >= 4 is 12.6 Å². The maximum Gasteiger partial charge on any atom is 0.498 e. The second-order valence-corrected chi connectivity index (χ2v) is 5.70. The van der Waals surface area contributed by atoms with Crippen LogP contribution in [0.2, 0.25) is 0 Å². The van der Waals surface area contributed by atoms with Gasteiger partial charge in [-0.3, -0.25) is 0 Å². The van der Waals surface area contributed by atoms with Crippen molar-refractivity contribution in [3.05, 3.63) is 24.0 Å². The normalized spacial score (nSPS) is 20.6. The molecule has 1 fully saturated rings. The highest BCUT2D eigenvalue weighted by Gasteiger charge is 2.52. The fourth-order valence-electron chi connectivity index (χ4n) is 1.96. The van der Waals surface area contributed by atoms with E-state index in [9.17, 15) is 4.39 Å². The third-order valence-electron chi connectivity index (χ3n) is 3.78. The van der Waals surface area contributed by atoms with E-state index < -0.39 is 18.3 Å². The van der Waals surface area contributed by atoms with E-state index in [0.29, 0.717) is 17.8 Å². The maximum atomic E-state index is 13.5. The van der Waals surface area contributed by atoms with Crippen LogP contribution in [0.25, 0.3) is 0 Å². The Hall–Kier alpha value is -1.07. The van der Waals surface area contributed by atoms with Crippen LogP contribution < -0.4 is 10.2 Å². The average Bonchev–Trinajstić information content (AvgIpc) is 2.51. The van der Waals surface area contributed by atoms with E-state index in [4.69, 9.17) is 14.0 Å². The summed E-state index contributed by atoms with van der Waals surface area (Å²) in [6, 6.07) is 4.39. The summed E-state index contributed by atoms with van der Waals surface area (Å²) in [5.41, 5.74) is -0.304. The lowest BCUT2D eigenvalue weighted by atomic mass is 9.78. The van der Waals surface area contributed by atoms with Gasteiger partial charge < -0.3 is 14.0 Å². The Morgan fingerprint density at radius 3 is 2.26 bits per heavy atom. The topological polar surface area (TPSA) is 27.7 Å². The maximum absolute atomic E-state index is 13.5. The summed E-state index contributed by atoms with van der Waals surface area (Å²) < 4.78 is 30.8. The zero-order valence-corrected chi connectivity index (χ0v) is 12.1. The molecule has 0 unspecified atom stereocenters. The molecule has 0 aromatic heterocycles. The van der Waals surface area contributed by atoms with E-state index in [-0.39, 0.29) is 5.82 Å². The molecule has 0 amide bonds. The molecule has 2 rings (SSSR count). The minimum atomic E-state index is -0.609. The molecule has 1 saturated heterocycles. The van der Waals surface area contributed by atoms with Crippen LogP contribution in [0.3, 0.4) is 0 Å². The van der Waals surface area contributed by atoms with Crippen molar-refractivity contribution in [3.63, 3.8) is 0 Å². The first-order chi connectivity index (χ1) is 8.77. The molecule has 1 aliphatic rings. The van der Waals surface area contributed by atoms with Crippen LogP contribution in [0.15, 0.2) is 18.2 Å². The van der Waals surface area contributed by atoms with E-state index >= 15 is 0 Å². The summed E-state index contributed by atoms with van der Waals surface area (Å²) in [7, 11) is -0.609. The zero-order valence-electron chi connectivity index (χ0n) is 12.1. The number of hydrogen-bond acceptors (Lipinski definition) is 3. The van der Waals surface area contributed by atoms with Gasteiger partial charge in [-0.1, -0.05) is 0 Å². The van der Waals surface area contributed by atoms with E-state index in [1.807, 2.05) is 34.6 Å². The molecule has 0 aliphatic carbocycles. The standard InChI is InChI=1S/C14H20BFO3/c1-6-17-12-8-7-10(16)9-11(12)15-18-13(2,3)14(4,5)19-15/h7-9H,6H2,1-5H3. The molecule has 0 N–H and O–H groups in total. The highest BCUT2D eigenvalue weighted by molar-refractivity contribution is 6.63. The first-order valence-electron chi connectivity index (χ1n) is 6.55. The molecule has 3 nitrogen and oxygen atoms in total. The van der Waals surface area contributed by atoms with Crippen LogP contribution in [0.5, 0.6) is 5.75 Å². The van der Waals surface area contributed by atoms with Crippen LogP contribution in [0, 0.1) is 5.82 Å². The second kappa shape index (κ2) is 4.80. The van der Waals surface area contributed by atoms with E-state index in [2.05, 4.69) is 0 Å². The summed E-state index contributed by atoms with van der Waals surface area (Å²) in [6.07, 6.45) is 0. The molecular formula is C14H20BFO3. The quantitative estimate of drug-likeness (QED) is 0.787. The number of rotatable bonds is 3. The predicted octanol–water partition coefficient (Wildman–Crippen LogP) is 2.52. The third kappa shape index (κ3) is 2.62. The smallest absolute Gasteiger partial charge is 0.494 e. The van der Waals surface area contributed by atoms with E-state index in [1.54, 1.807) is 6.07 Å². The Balaban J connectivity index is 2.35. The highest BCUT2D eigenvalue weighted by atomic mass is 19.1. The Labute approximate surface area is 114 Å². The van der Waals surface area contributed by atoms with Crippen LogP contribution in [-0.4, -0.2) is 24.9 Å². The van der Waals surface area contributed by atoms with Crippen molar-refractivity contribution in [2.24, 2.45) is 0 Å². The predicted molar refractivity (Wildman–Crippen MR) is 73.3 cm³/mol. The number of hydrogen-bond donors (Lipinski definition) is 0. The van der Waals surface area contributed by atoms with Gasteiger partial charge in [0.15, 0.2) is 0 Å². The molecule has 0 radical (unpaired) electrons. The molecule has 0 atom stereocenters. The molecule has 0 spiro atoms. The molecular weight excluding hydrogens is 246 g/mol. The molecule has 19 heavy (non-hydrogen) atoms. The van der Waals surface area contributed by atoms with Crippen molar-refractivity contribution in [1.82, 2.24) is 0 Å². The number of halogens is 1. The van der Waals surface area contributed by atoms with Crippen LogP contribution in [0.4, 0.5) is 4.39 Å². The fourth-order valence-corrected chi connectivity index (χ4v) is 1.96. The minimum absolute atomic E-state index is 0.326. The largest absolute Gasteiger partial charge is 0.498 e. The van der Waals surface area contributed by atoms with Crippen molar-refractivity contribution in [3.8, 4) is 5.75 Å². The Morgan fingerprint density at radius 2 is 1.74 bits per heavy atom. The molecule has 0 saturated carbocycles. The number of benzene rings is 1. The molecule has 104 valence electrons. The lowest BCUT2D eigenvalue weighted by Crippen LogP contribution is -2.41. The fraction of sp³-hybridized carbons (Fsp3) is 0.571. The summed E-state index contributed by atoms with van der Waals surface area (Å²) >= 11 is 0.